The van der Waals surface area contributed by atoms with E-state index in [1.165, 1.54) is 0 Å². The molecule has 0 amide bonds. The van der Waals surface area contributed by atoms with Gasteiger partial charge in [0.15, 0.2) is 15.7 Å². The summed E-state index contributed by atoms with van der Waals surface area (Å²) < 4.78 is 34.1. The number of aryl methyl sites for hydroxylation is 2. The smallest absolute Gasteiger partial charge is 0.242 e. The molecule has 0 spiro atoms. The molecule has 0 aliphatic heterocycles. The molecule has 0 N–H and O–H groups in total. The van der Waals surface area contributed by atoms with Gasteiger partial charge in [-0.15, -0.1) is 0 Å². The van der Waals surface area contributed by atoms with Gasteiger partial charge in [0.1, 0.15) is 11.5 Å². The van der Waals surface area contributed by atoms with Crippen LogP contribution in [0.1, 0.15) is 23.2 Å². The quantitative estimate of drug-likeness (QED) is 0.695. The van der Waals surface area contributed by atoms with Crippen LogP contribution >= 0.6 is 0 Å². The van der Waals surface area contributed by atoms with Crippen LogP contribution in [0.4, 0.5) is 0 Å². The van der Waals surface area contributed by atoms with Crippen LogP contribution in [0.5, 0.6) is 0 Å². The Morgan fingerprint density at radius 1 is 0.913 bits per heavy atom. The van der Waals surface area contributed by atoms with Crippen molar-refractivity contribution in [1.29, 1.82) is 0 Å². The molecule has 1 aromatic carbocycles. The van der Waals surface area contributed by atoms with Gasteiger partial charge in [0.25, 0.3) is 0 Å². The van der Waals surface area contributed by atoms with Crippen molar-refractivity contribution in [3.8, 4) is 11.4 Å². The van der Waals surface area contributed by atoms with Crippen LogP contribution in [0.15, 0.2) is 33.3 Å². The third-order valence-corrected chi connectivity index (χ3v) is 4.41. The number of benzene rings is 1. The monoisotopic (exact) mass is 334 g/mol. The average molecular weight is 334 g/mol. The van der Waals surface area contributed by atoms with Crippen molar-refractivity contribution >= 4 is 9.84 Å². The highest BCUT2D eigenvalue weighted by Gasteiger charge is 2.21. The summed E-state index contributed by atoms with van der Waals surface area (Å²) in [7, 11) is -3.54. The Labute approximate surface area is 132 Å². The number of nitrogens with zero attached hydrogens (tertiary/aromatic N) is 4. The Morgan fingerprint density at radius 2 is 1.52 bits per heavy atom. The maximum absolute atomic E-state index is 12.1. The second-order valence-corrected chi connectivity index (χ2v) is 7.21. The van der Waals surface area contributed by atoms with Crippen molar-refractivity contribution in [1.82, 2.24) is 20.3 Å². The van der Waals surface area contributed by atoms with Gasteiger partial charge in [0.05, 0.1) is 0 Å². The van der Waals surface area contributed by atoms with Gasteiger partial charge in [-0.25, -0.2) is 8.42 Å². The first kappa shape index (κ1) is 15.3. The van der Waals surface area contributed by atoms with Crippen LogP contribution in [0, 0.1) is 13.8 Å². The van der Waals surface area contributed by atoms with Gasteiger partial charge in [-0.05, 0) is 13.8 Å². The normalized spacial score (nSPS) is 11.7. The van der Waals surface area contributed by atoms with Crippen molar-refractivity contribution in [3.05, 3.63) is 47.4 Å². The van der Waals surface area contributed by atoms with Gasteiger partial charge in [-0.2, -0.15) is 9.97 Å². The van der Waals surface area contributed by atoms with Crippen molar-refractivity contribution in [2.24, 2.45) is 0 Å². The van der Waals surface area contributed by atoms with E-state index in [4.69, 9.17) is 9.05 Å². The highest BCUT2D eigenvalue weighted by Crippen LogP contribution is 2.18. The zero-order chi connectivity index (χ0) is 16.4. The minimum atomic E-state index is -3.54. The maximum atomic E-state index is 12.1. The SMILES string of the molecule is Cc1ccc(-c2noc(CS(=O)(=O)Cc3nc(C)no3)n2)cc1. The van der Waals surface area contributed by atoms with E-state index in [2.05, 4.69) is 20.3 Å². The zero-order valence-corrected chi connectivity index (χ0v) is 13.4. The summed E-state index contributed by atoms with van der Waals surface area (Å²) in [4.78, 5) is 7.99. The lowest BCUT2D eigenvalue weighted by molar-refractivity contribution is 0.381. The molecule has 0 atom stereocenters. The molecule has 0 aliphatic carbocycles. The summed E-state index contributed by atoms with van der Waals surface area (Å²) in [6, 6.07) is 7.53. The summed E-state index contributed by atoms with van der Waals surface area (Å²) >= 11 is 0. The molecule has 23 heavy (non-hydrogen) atoms. The third-order valence-electron chi connectivity index (χ3n) is 3.03. The van der Waals surface area contributed by atoms with Crippen LogP contribution in [-0.2, 0) is 21.3 Å². The minimum absolute atomic E-state index is 0.0248. The maximum Gasteiger partial charge on any atom is 0.242 e. The topological polar surface area (TPSA) is 112 Å². The Hall–Kier alpha value is -2.55. The first-order valence-electron chi connectivity index (χ1n) is 6.80. The summed E-state index contributed by atoms with van der Waals surface area (Å²) in [6.45, 7) is 3.59. The fourth-order valence-electron chi connectivity index (χ4n) is 1.96. The van der Waals surface area contributed by atoms with Crippen molar-refractivity contribution in [2.75, 3.05) is 0 Å². The van der Waals surface area contributed by atoms with Crippen LogP contribution < -0.4 is 0 Å². The second kappa shape index (κ2) is 5.92. The first-order valence-corrected chi connectivity index (χ1v) is 8.63. The van der Waals surface area contributed by atoms with E-state index in [-0.39, 0.29) is 23.3 Å². The molecule has 9 heteroatoms. The number of sulfone groups is 1. The number of hydrogen-bond donors (Lipinski definition) is 0. The summed E-state index contributed by atoms with van der Waals surface area (Å²) in [5.74, 6) is 0.0553. The average Bonchev–Trinajstić information content (AvgIpc) is 3.08. The molecule has 2 heterocycles. The summed E-state index contributed by atoms with van der Waals surface area (Å²) in [6.07, 6.45) is 0. The predicted octanol–water partition coefficient (Wildman–Crippen LogP) is 1.85. The zero-order valence-electron chi connectivity index (χ0n) is 12.6. The highest BCUT2D eigenvalue weighted by molar-refractivity contribution is 7.89. The van der Waals surface area contributed by atoms with Gasteiger partial charge >= 0.3 is 0 Å². The van der Waals surface area contributed by atoms with Crippen LogP contribution in [0.3, 0.4) is 0 Å². The fourth-order valence-corrected chi connectivity index (χ4v) is 3.05. The summed E-state index contributed by atoms with van der Waals surface area (Å²) in [5.41, 5.74) is 1.87. The van der Waals surface area contributed by atoms with E-state index in [1.807, 2.05) is 31.2 Å². The van der Waals surface area contributed by atoms with Gasteiger partial charge in [0, 0.05) is 5.56 Å². The van der Waals surface area contributed by atoms with Gasteiger partial charge < -0.3 is 9.05 Å². The Kier molecular flexibility index (Phi) is 3.95. The second-order valence-electron chi connectivity index (χ2n) is 5.15. The van der Waals surface area contributed by atoms with Crippen molar-refractivity contribution < 1.29 is 17.5 Å². The third kappa shape index (κ3) is 3.81. The fraction of sp³-hybridized carbons (Fsp3) is 0.286. The van der Waals surface area contributed by atoms with E-state index in [1.54, 1.807) is 6.92 Å². The molecule has 0 unspecified atom stereocenters. The first-order chi connectivity index (χ1) is 10.9. The van der Waals surface area contributed by atoms with Crippen molar-refractivity contribution in [2.45, 2.75) is 25.4 Å². The van der Waals surface area contributed by atoms with E-state index < -0.39 is 9.84 Å². The lowest BCUT2D eigenvalue weighted by Crippen LogP contribution is -2.08. The standard InChI is InChI=1S/C14H14N4O4S/c1-9-3-5-11(6-4-9)14-16-13(22-18-14)8-23(19,20)7-12-15-10(2)17-21-12/h3-6H,7-8H2,1-2H3. The molecule has 0 bridgehead atoms. The highest BCUT2D eigenvalue weighted by atomic mass is 32.2. The Balaban J connectivity index is 1.74. The molecule has 0 radical (unpaired) electrons. The molecular weight excluding hydrogens is 320 g/mol. The van der Waals surface area contributed by atoms with Crippen LogP contribution in [-0.4, -0.2) is 28.7 Å². The van der Waals surface area contributed by atoms with E-state index >= 15 is 0 Å². The lowest BCUT2D eigenvalue weighted by atomic mass is 10.1. The molecule has 0 aliphatic rings. The molecule has 120 valence electrons. The van der Waals surface area contributed by atoms with E-state index in [0.29, 0.717) is 11.6 Å². The lowest BCUT2D eigenvalue weighted by Gasteiger charge is -1.96. The molecule has 3 rings (SSSR count). The number of aromatic nitrogens is 4. The predicted molar refractivity (Wildman–Crippen MR) is 79.8 cm³/mol. The molecule has 0 saturated heterocycles. The number of hydrogen-bond acceptors (Lipinski definition) is 8. The molecular formula is C14H14N4O4S. The molecule has 0 fully saturated rings. The Morgan fingerprint density at radius 3 is 2.13 bits per heavy atom. The van der Waals surface area contributed by atoms with Crippen LogP contribution in [0.2, 0.25) is 0 Å². The molecule has 3 aromatic rings. The van der Waals surface area contributed by atoms with Gasteiger partial charge in [-0.3, -0.25) is 0 Å². The van der Waals surface area contributed by atoms with Crippen LogP contribution in [0.25, 0.3) is 11.4 Å². The number of rotatable bonds is 5. The Bertz CT molecular complexity index is 912. The van der Waals surface area contributed by atoms with E-state index in [0.717, 1.165) is 11.1 Å². The van der Waals surface area contributed by atoms with E-state index in [9.17, 15) is 8.42 Å². The summed E-state index contributed by atoms with van der Waals surface area (Å²) in [5, 5.41) is 7.37. The van der Waals surface area contributed by atoms with Gasteiger partial charge in [0.2, 0.25) is 17.6 Å². The van der Waals surface area contributed by atoms with Crippen molar-refractivity contribution in [3.63, 3.8) is 0 Å². The molecule has 8 nitrogen and oxygen atoms in total. The minimum Gasteiger partial charge on any atom is -0.338 e. The molecule has 2 aromatic heterocycles. The molecule has 0 saturated carbocycles. The largest absolute Gasteiger partial charge is 0.338 e. The van der Waals surface area contributed by atoms with Gasteiger partial charge in [-0.1, -0.05) is 40.1 Å².